The predicted molar refractivity (Wildman–Crippen MR) is 115 cm³/mol. The molecule has 1 aliphatic heterocycles. The van der Waals surface area contributed by atoms with Crippen LogP contribution in [0.1, 0.15) is 17.9 Å². The van der Waals surface area contributed by atoms with Gasteiger partial charge in [0.15, 0.2) is 12.4 Å². The fraction of sp³-hybridized carbons (Fsp3) is 0.167. The predicted octanol–water partition coefficient (Wildman–Crippen LogP) is 1.20. The Hall–Kier alpha value is -3.12. The van der Waals surface area contributed by atoms with Crippen molar-refractivity contribution < 1.29 is 26.3 Å². The van der Waals surface area contributed by atoms with Crippen molar-refractivity contribution in [3.8, 4) is 11.1 Å². The molecule has 3 N–H and O–H groups in total. The number of H-pyrrole nitrogens is 1. The molecule has 5 rings (SSSR count). The van der Waals surface area contributed by atoms with Crippen LogP contribution in [0.15, 0.2) is 79.3 Å². The molecule has 30 heavy (non-hydrogen) atoms. The quantitative estimate of drug-likeness (QED) is 0.439. The van der Waals surface area contributed by atoms with E-state index in [1.807, 2.05) is 24.4 Å². The van der Waals surface area contributed by atoms with Gasteiger partial charge in [0.25, 0.3) is 0 Å². The molecule has 1 aliphatic rings. The van der Waals surface area contributed by atoms with Gasteiger partial charge in [-0.3, -0.25) is 4.90 Å². The van der Waals surface area contributed by atoms with Crippen LogP contribution in [0, 0.1) is 0 Å². The van der Waals surface area contributed by atoms with Crippen molar-refractivity contribution >= 4 is 22.6 Å². The van der Waals surface area contributed by atoms with Crippen LogP contribution in [0.3, 0.4) is 0 Å². The summed E-state index contributed by atoms with van der Waals surface area (Å²) in [6.07, 6.45) is 7.18. The van der Waals surface area contributed by atoms with Crippen LogP contribution in [-0.2, 0) is 6.54 Å². The Morgan fingerprint density at radius 1 is 1.07 bits per heavy atom. The van der Waals surface area contributed by atoms with Gasteiger partial charge in [-0.25, -0.2) is 9.36 Å². The van der Waals surface area contributed by atoms with Gasteiger partial charge in [-0.2, -0.15) is 0 Å². The van der Waals surface area contributed by atoms with Crippen LogP contribution < -0.4 is 32.2 Å². The van der Waals surface area contributed by atoms with E-state index in [2.05, 4.69) is 64.4 Å². The van der Waals surface area contributed by atoms with Gasteiger partial charge in [0, 0.05) is 48.4 Å². The number of fused-ring (bicyclic) bond motifs is 2. The summed E-state index contributed by atoms with van der Waals surface area (Å²) in [7, 11) is 0. The summed E-state index contributed by atoms with van der Waals surface area (Å²) in [6, 6.07) is 20.6. The molecule has 3 heterocycles. The first-order valence-corrected chi connectivity index (χ1v) is 9.91. The Labute approximate surface area is 185 Å². The number of pyridine rings is 1. The van der Waals surface area contributed by atoms with Crippen molar-refractivity contribution in [3.63, 3.8) is 0 Å². The number of aromatic nitrogens is 2. The van der Waals surface area contributed by atoms with Gasteiger partial charge in [0.2, 0.25) is 0 Å². The molecule has 2 amide bonds. The average molecular weight is 463 g/mol. The number of urea groups is 1. The number of nitrogens with zero attached hydrogens (tertiary/aromatic N) is 2. The zero-order valence-electron chi connectivity index (χ0n) is 16.5. The number of primary amides is 1. The lowest BCUT2D eigenvalue weighted by Crippen LogP contribution is -3.00. The van der Waals surface area contributed by atoms with Crippen molar-refractivity contribution in [1.82, 2.24) is 4.98 Å². The SMILES string of the molecule is NC(=O)N1C[C@@H](CC[n+]2ccc(-c3ccc4[nH]ccc4c3)cc2)c2ccccc21.[Br-]. The van der Waals surface area contributed by atoms with Gasteiger partial charge in [-0.1, -0.05) is 24.3 Å². The average Bonchev–Trinajstić information content (AvgIpc) is 3.37. The highest BCUT2D eigenvalue weighted by atomic mass is 79.9. The summed E-state index contributed by atoms with van der Waals surface area (Å²) in [6.45, 7) is 1.55. The molecule has 0 unspecified atom stereocenters. The van der Waals surface area contributed by atoms with Crippen molar-refractivity contribution in [1.29, 1.82) is 0 Å². The normalized spacial score (nSPS) is 15.1. The fourth-order valence-electron chi connectivity index (χ4n) is 4.29. The third kappa shape index (κ3) is 3.71. The molecule has 2 aromatic heterocycles. The molecule has 0 fully saturated rings. The summed E-state index contributed by atoms with van der Waals surface area (Å²) in [5.74, 6) is 0.307. The topological polar surface area (TPSA) is 66.0 Å². The molecular weight excluding hydrogens is 440 g/mol. The highest BCUT2D eigenvalue weighted by Gasteiger charge is 2.31. The number of amides is 2. The Morgan fingerprint density at radius 2 is 1.87 bits per heavy atom. The molecule has 2 aromatic carbocycles. The minimum atomic E-state index is -0.378. The van der Waals surface area contributed by atoms with Gasteiger partial charge >= 0.3 is 6.03 Å². The Morgan fingerprint density at radius 3 is 2.67 bits per heavy atom. The number of anilines is 1. The maximum atomic E-state index is 11.8. The number of aromatic amines is 1. The Balaban J connectivity index is 0.00000218. The number of hydrogen-bond donors (Lipinski definition) is 2. The molecule has 5 nitrogen and oxygen atoms in total. The van der Waals surface area contributed by atoms with E-state index in [-0.39, 0.29) is 23.0 Å². The smallest absolute Gasteiger partial charge is 0.319 e. The van der Waals surface area contributed by atoms with Crippen LogP contribution in [-0.4, -0.2) is 17.6 Å². The number of nitrogens with two attached hydrogens (primary N) is 1. The molecule has 0 saturated carbocycles. The lowest BCUT2D eigenvalue weighted by Gasteiger charge is -2.14. The molecule has 0 bridgehead atoms. The number of carbonyl (C=O) groups excluding carboxylic acids is 1. The molecule has 6 heteroatoms. The fourth-order valence-corrected chi connectivity index (χ4v) is 4.29. The third-order valence-corrected chi connectivity index (χ3v) is 5.85. The first-order valence-electron chi connectivity index (χ1n) is 9.91. The molecular formula is C24H23BrN4O. The van der Waals surface area contributed by atoms with E-state index < -0.39 is 0 Å². The first kappa shape index (κ1) is 20.2. The Kier molecular flexibility index (Phi) is 5.59. The summed E-state index contributed by atoms with van der Waals surface area (Å²) < 4.78 is 2.20. The van der Waals surface area contributed by atoms with Crippen LogP contribution in [0.25, 0.3) is 22.0 Å². The van der Waals surface area contributed by atoms with E-state index in [0.717, 1.165) is 24.2 Å². The monoisotopic (exact) mass is 462 g/mol. The van der Waals surface area contributed by atoms with Crippen LogP contribution >= 0.6 is 0 Å². The van der Waals surface area contributed by atoms with Gasteiger partial charge in [0.05, 0.1) is 0 Å². The summed E-state index contributed by atoms with van der Waals surface area (Å²) in [5, 5.41) is 1.22. The zero-order valence-corrected chi connectivity index (χ0v) is 18.0. The van der Waals surface area contributed by atoms with Crippen molar-refractivity contribution in [2.45, 2.75) is 18.9 Å². The second-order valence-electron chi connectivity index (χ2n) is 7.60. The summed E-state index contributed by atoms with van der Waals surface area (Å²) in [5.41, 5.74) is 11.3. The van der Waals surface area contributed by atoms with Gasteiger partial charge < -0.3 is 27.7 Å². The summed E-state index contributed by atoms with van der Waals surface area (Å²) >= 11 is 0. The molecule has 4 aromatic rings. The van der Waals surface area contributed by atoms with Gasteiger partial charge in [-0.05, 0) is 46.3 Å². The van der Waals surface area contributed by atoms with Crippen molar-refractivity contribution in [2.24, 2.45) is 5.73 Å². The van der Waals surface area contributed by atoms with E-state index in [1.54, 1.807) is 4.90 Å². The van der Waals surface area contributed by atoms with Crippen molar-refractivity contribution in [2.75, 3.05) is 11.4 Å². The van der Waals surface area contributed by atoms with E-state index >= 15 is 0 Å². The molecule has 0 spiro atoms. The number of para-hydroxylation sites is 1. The lowest BCUT2D eigenvalue weighted by molar-refractivity contribution is -0.697. The van der Waals surface area contributed by atoms with Gasteiger partial charge in [0.1, 0.15) is 6.54 Å². The highest BCUT2D eigenvalue weighted by Crippen LogP contribution is 2.37. The van der Waals surface area contributed by atoms with E-state index in [4.69, 9.17) is 5.73 Å². The lowest BCUT2D eigenvalue weighted by atomic mass is 9.98. The van der Waals surface area contributed by atoms with Crippen molar-refractivity contribution in [3.05, 3.63) is 84.8 Å². The molecule has 1 atom stereocenters. The minimum Gasteiger partial charge on any atom is -1.00 e. The largest absolute Gasteiger partial charge is 1.00 e. The van der Waals surface area contributed by atoms with Crippen LogP contribution in [0.2, 0.25) is 0 Å². The minimum absolute atomic E-state index is 0. The van der Waals surface area contributed by atoms with E-state index in [9.17, 15) is 4.79 Å². The van der Waals surface area contributed by atoms with Crippen LogP contribution in [0.5, 0.6) is 0 Å². The zero-order chi connectivity index (χ0) is 19.8. The van der Waals surface area contributed by atoms with Gasteiger partial charge in [-0.15, -0.1) is 0 Å². The number of carbonyl (C=O) groups is 1. The van der Waals surface area contributed by atoms with Crippen LogP contribution in [0.4, 0.5) is 10.5 Å². The Bertz CT molecular complexity index is 1190. The van der Waals surface area contributed by atoms with E-state index in [0.29, 0.717) is 12.5 Å². The second-order valence-corrected chi connectivity index (χ2v) is 7.60. The standard InChI is InChI=1S/C24H22N4O.BrH/c25-24(29)28-16-20(21-3-1-2-4-23(21)28)10-14-27-12-8-17(9-13-27)18-5-6-22-19(15-18)7-11-26-22;/h1-9,11-13,15,20H,10,14,16H2,(H2,25,29);1H/t20-;/m1./s1. The molecule has 0 radical (unpaired) electrons. The third-order valence-electron chi connectivity index (χ3n) is 5.85. The number of rotatable bonds is 4. The second kappa shape index (κ2) is 8.32. The highest BCUT2D eigenvalue weighted by molar-refractivity contribution is 5.93. The molecule has 152 valence electrons. The number of aryl methyl sites for hydroxylation is 1. The molecule has 0 aliphatic carbocycles. The summed E-state index contributed by atoms with van der Waals surface area (Å²) in [4.78, 5) is 16.7. The number of benzene rings is 2. The number of hydrogen-bond acceptors (Lipinski definition) is 1. The maximum Gasteiger partial charge on any atom is 0.319 e. The molecule has 0 saturated heterocycles. The maximum absolute atomic E-state index is 11.8. The number of nitrogens with one attached hydrogen (secondary N) is 1. The number of halogens is 1. The van der Waals surface area contributed by atoms with E-state index in [1.165, 1.54) is 22.1 Å². The first-order chi connectivity index (χ1) is 14.2.